The smallest absolute Gasteiger partial charge is 0.338 e. The number of carbonyl (C=O) groups is 3. The van der Waals surface area contributed by atoms with Crippen LogP contribution in [0.3, 0.4) is 0 Å². The molecular formula is C15H19Cl2N3O4. The number of imide groups is 1. The van der Waals surface area contributed by atoms with Gasteiger partial charge in [0, 0.05) is 31.8 Å². The first kappa shape index (κ1) is 22.1. The average Bonchev–Trinajstić information content (AvgIpc) is 2.86. The van der Waals surface area contributed by atoms with E-state index >= 15 is 0 Å². The number of benzene rings is 1. The lowest BCUT2D eigenvalue weighted by Crippen LogP contribution is -2.29. The third-order valence-corrected chi connectivity index (χ3v) is 2.98. The molecule has 0 fully saturated rings. The van der Waals surface area contributed by atoms with Crippen molar-refractivity contribution < 1.29 is 19.1 Å². The van der Waals surface area contributed by atoms with E-state index in [9.17, 15) is 14.4 Å². The Bertz CT molecular complexity index is 604. The lowest BCUT2D eigenvalue weighted by Gasteiger charge is -2.14. The van der Waals surface area contributed by atoms with Gasteiger partial charge < -0.3 is 15.8 Å². The fourth-order valence-corrected chi connectivity index (χ4v) is 1.95. The summed E-state index contributed by atoms with van der Waals surface area (Å²) in [6.45, 7) is 1.89. The predicted molar refractivity (Wildman–Crippen MR) is 94.8 cm³/mol. The minimum Gasteiger partial charge on any atom is -0.461 e. The number of hydrogen-bond donors (Lipinski definition) is 2. The van der Waals surface area contributed by atoms with Crippen LogP contribution in [0.2, 0.25) is 0 Å². The molecule has 0 unspecified atom stereocenters. The topological polar surface area (TPSA) is 102 Å². The SMILES string of the molecule is Cl.Cl.NCCNCCOC(=O)c1cccc(N2C(=O)C=CC2=O)c1. The molecule has 1 aromatic carbocycles. The molecule has 0 aromatic heterocycles. The van der Waals surface area contributed by atoms with E-state index in [2.05, 4.69) is 5.32 Å². The van der Waals surface area contributed by atoms with Crippen LogP contribution in [0.5, 0.6) is 0 Å². The molecule has 2 rings (SSSR count). The van der Waals surface area contributed by atoms with Crippen LogP contribution in [0.4, 0.5) is 5.69 Å². The van der Waals surface area contributed by atoms with E-state index in [1.54, 1.807) is 18.2 Å². The number of rotatable bonds is 7. The van der Waals surface area contributed by atoms with E-state index in [0.717, 1.165) is 4.90 Å². The molecule has 0 aliphatic carbocycles. The lowest BCUT2D eigenvalue weighted by molar-refractivity contribution is -0.119. The summed E-state index contributed by atoms with van der Waals surface area (Å²) >= 11 is 0. The minimum absolute atomic E-state index is 0. The molecule has 0 spiro atoms. The first-order chi connectivity index (χ1) is 10.6. The Kier molecular flexibility index (Phi) is 9.91. The van der Waals surface area contributed by atoms with Crippen molar-refractivity contribution >= 4 is 48.3 Å². The number of amides is 2. The summed E-state index contributed by atoms with van der Waals surface area (Å²) in [6, 6.07) is 6.20. The first-order valence-corrected chi connectivity index (χ1v) is 6.87. The highest BCUT2D eigenvalue weighted by Crippen LogP contribution is 2.20. The molecule has 0 radical (unpaired) electrons. The number of esters is 1. The zero-order chi connectivity index (χ0) is 15.9. The van der Waals surface area contributed by atoms with Crippen LogP contribution in [0, 0.1) is 0 Å². The number of nitrogens with one attached hydrogen (secondary N) is 1. The molecule has 3 N–H and O–H groups in total. The van der Waals surface area contributed by atoms with Crippen LogP contribution in [0.1, 0.15) is 10.4 Å². The first-order valence-electron chi connectivity index (χ1n) is 6.87. The largest absolute Gasteiger partial charge is 0.461 e. The fraction of sp³-hybridized carbons (Fsp3) is 0.267. The number of ether oxygens (including phenoxy) is 1. The van der Waals surface area contributed by atoms with Gasteiger partial charge in [-0.3, -0.25) is 9.59 Å². The summed E-state index contributed by atoms with van der Waals surface area (Å²) < 4.78 is 5.10. The summed E-state index contributed by atoms with van der Waals surface area (Å²) in [5, 5.41) is 3.00. The number of nitrogens with zero attached hydrogens (tertiary/aromatic N) is 1. The zero-order valence-corrected chi connectivity index (χ0v) is 14.4. The van der Waals surface area contributed by atoms with E-state index in [1.807, 2.05) is 0 Å². The fourth-order valence-electron chi connectivity index (χ4n) is 1.95. The highest BCUT2D eigenvalue weighted by Gasteiger charge is 2.25. The Labute approximate surface area is 152 Å². The molecule has 1 heterocycles. The van der Waals surface area contributed by atoms with Gasteiger partial charge >= 0.3 is 5.97 Å². The van der Waals surface area contributed by atoms with Crippen LogP contribution in [0.15, 0.2) is 36.4 Å². The van der Waals surface area contributed by atoms with Gasteiger partial charge in [0.15, 0.2) is 0 Å². The van der Waals surface area contributed by atoms with Crippen LogP contribution in [-0.4, -0.2) is 44.0 Å². The van der Waals surface area contributed by atoms with Gasteiger partial charge in [0.1, 0.15) is 6.61 Å². The molecule has 1 aliphatic rings. The van der Waals surface area contributed by atoms with Gasteiger partial charge in [0.25, 0.3) is 11.8 Å². The molecule has 9 heteroatoms. The van der Waals surface area contributed by atoms with Crippen LogP contribution in [-0.2, 0) is 14.3 Å². The lowest BCUT2D eigenvalue weighted by atomic mass is 10.2. The van der Waals surface area contributed by atoms with Gasteiger partial charge in [-0.15, -0.1) is 24.8 Å². The van der Waals surface area contributed by atoms with E-state index in [1.165, 1.54) is 18.2 Å². The summed E-state index contributed by atoms with van der Waals surface area (Å²) in [5.74, 6) is -1.37. The molecule has 24 heavy (non-hydrogen) atoms. The van der Waals surface area contributed by atoms with Crippen molar-refractivity contribution in [2.24, 2.45) is 5.73 Å². The number of anilines is 1. The van der Waals surface area contributed by atoms with Gasteiger partial charge in [-0.1, -0.05) is 6.07 Å². The summed E-state index contributed by atoms with van der Waals surface area (Å²) in [6.07, 6.45) is 2.38. The van der Waals surface area contributed by atoms with Crippen LogP contribution >= 0.6 is 24.8 Å². The highest BCUT2D eigenvalue weighted by molar-refractivity contribution is 6.28. The molecular weight excluding hydrogens is 357 g/mol. The van der Waals surface area contributed by atoms with Gasteiger partial charge in [-0.05, 0) is 18.2 Å². The van der Waals surface area contributed by atoms with Crippen molar-refractivity contribution in [3.05, 3.63) is 42.0 Å². The van der Waals surface area contributed by atoms with Crippen molar-refractivity contribution in [1.82, 2.24) is 5.32 Å². The van der Waals surface area contributed by atoms with Crippen molar-refractivity contribution in [3.63, 3.8) is 0 Å². The van der Waals surface area contributed by atoms with Crippen molar-refractivity contribution in [1.29, 1.82) is 0 Å². The molecule has 1 aromatic rings. The molecule has 0 saturated carbocycles. The average molecular weight is 376 g/mol. The van der Waals surface area contributed by atoms with Crippen LogP contribution < -0.4 is 16.0 Å². The second-order valence-corrected chi connectivity index (χ2v) is 4.57. The number of carbonyl (C=O) groups excluding carboxylic acids is 3. The van der Waals surface area contributed by atoms with Crippen LogP contribution in [0.25, 0.3) is 0 Å². The Morgan fingerprint density at radius 3 is 2.42 bits per heavy atom. The summed E-state index contributed by atoms with van der Waals surface area (Å²) in [5.41, 5.74) is 5.95. The Hall–Kier alpha value is -1.93. The van der Waals surface area contributed by atoms with E-state index in [-0.39, 0.29) is 37.0 Å². The van der Waals surface area contributed by atoms with Crippen molar-refractivity contribution in [2.75, 3.05) is 31.1 Å². The minimum atomic E-state index is -0.511. The summed E-state index contributed by atoms with van der Waals surface area (Å²) in [4.78, 5) is 36.2. The molecule has 7 nitrogen and oxygen atoms in total. The predicted octanol–water partition coefficient (Wildman–Crippen LogP) is 0.665. The third kappa shape index (κ3) is 5.61. The second kappa shape index (κ2) is 10.8. The second-order valence-electron chi connectivity index (χ2n) is 4.57. The van der Waals surface area contributed by atoms with Gasteiger partial charge in [0.05, 0.1) is 11.3 Å². The molecule has 1 aliphatic heterocycles. The van der Waals surface area contributed by atoms with Crippen molar-refractivity contribution in [2.45, 2.75) is 0 Å². The normalized spacial score (nSPS) is 12.6. The Morgan fingerprint density at radius 2 is 1.79 bits per heavy atom. The number of nitrogens with two attached hydrogens (primary N) is 1. The zero-order valence-electron chi connectivity index (χ0n) is 12.8. The van der Waals surface area contributed by atoms with Gasteiger partial charge in [-0.25, -0.2) is 9.69 Å². The maximum atomic E-state index is 11.9. The van der Waals surface area contributed by atoms with E-state index < -0.39 is 17.8 Å². The maximum Gasteiger partial charge on any atom is 0.338 e. The quantitative estimate of drug-likeness (QED) is 0.412. The Balaban J connectivity index is 0.00000264. The molecule has 132 valence electrons. The maximum absolute atomic E-state index is 11.9. The number of halogens is 2. The van der Waals surface area contributed by atoms with E-state index in [0.29, 0.717) is 25.3 Å². The van der Waals surface area contributed by atoms with Crippen molar-refractivity contribution in [3.8, 4) is 0 Å². The van der Waals surface area contributed by atoms with E-state index in [4.69, 9.17) is 10.5 Å². The summed E-state index contributed by atoms with van der Waals surface area (Å²) in [7, 11) is 0. The third-order valence-electron chi connectivity index (χ3n) is 2.98. The molecule has 2 amide bonds. The monoisotopic (exact) mass is 375 g/mol. The van der Waals surface area contributed by atoms with Gasteiger partial charge in [-0.2, -0.15) is 0 Å². The molecule has 0 bridgehead atoms. The number of hydrogen-bond acceptors (Lipinski definition) is 6. The Morgan fingerprint density at radius 1 is 1.12 bits per heavy atom. The molecule has 0 atom stereocenters. The molecule has 0 saturated heterocycles. The van der Waals surface area contributed by atoms with Gasteiger partial charge in [0.2, 0.25) is 0 Å². The highest BCUT2D eigenvalue weighted by atomic mass is 35.5. The standard InChI is InChI=1S/C15H17N3O4.2ClH/c16-6-7-17-8-9-22-15(21)11-2-1-3-12(10-11)18-13(19)4-5-14(18)20;;/h1-5,10,17H,6-9,16H2;2*1H.